The van der Waals surface area contributed by atoms with Crippen LogP contribution in [-0.2, 0) is 4.74 Å². The van der Waals surface area contributed by atoms with Gasteiger partial charge < -0.3 is 9.64 Å². The average molecular weight is 189 g/mol. The molecule has 0 aromatic carbocycles. The summed E-state index contributed by atoms with van der Waals surface area (Å²) in [6.07, 6.45) is 3.90. The van der Waals surface area contributed by atoms with E-state index in [9.17, 15) is 0 Å². The lowest BCUT2D eigenvalue weighted by Crippen LogP contribution is -2.21. The van der Waals surface area contributed by atoms with E-state index in [1.54, 1.807) is 0 Å². The van der Waals surface area contributed by atoms with E-state index >= 15 is 0 Å². The maximum Gasteiger partial charge on any atom is 0.0971 e. The van der Waals surface area contributed by atoms with E-state index in [0.717, 1.165) is 13.0 Å². The molecule has 1 saturated heterocycles. The summed E-state index contributed by atoms with van der Waals surface area (Å²) in [5, 5.41) is 0. The molecule has 1 heterocycles. The van der Waals surface area contributed by atoms with Crippen LogP contribution in [0.3, 0.4) is 0 Å². The topological polar surface area (TPSA) is 12.5 Å². The molecule has 0 bridgehead atoms. The number of hydrogen-bond donors (Lipinski definition) is 1. The Bertz CT molecular complexity index is 113. The Kier molecular flexibility index (Phi) is 5.04. The zero-order valence-corrected chi connectivity index (χ0v) is 8.72. The molecule has 0 aromatic rings. The lowest BCUT2D eigenvalue weighted by atomic mass is 10.4. The fraction of sp³-hybridized carbons (Fsp3) is 1.00. The van der Waals surface area contributed by atoms with Gasteiger partial charge in [0, 0.05) is 13.2 Å². The Hall–Kier alpha value is 0.270. The lowest BCUT2D eigenvalue weighted by molar-refractivity contribution is 0.115. The highest BCUT2D eigenvalue weighted by Gasteiger charge is 2.10. The fourth-order valence-corrected chi connectivity index (χ4v) is 1.65. The molecule has 3 heteroatoms. The Balaban J connectivity index is 1.88. The maximum atomic E-state index is 5.34. The van der Waals surface area contributed by atoms with Crippen molar-refractivity contribution in [3.05, 3.63) is 0 Å². The van der Waals surface area contributed by atoms with Gasteiger partial charge in [0.2, 0.25) is 0 Å². The Morgan fingerprint density at radius 2 is 2.08 bits per heavy atom. The molecule has 12 heavy (non-hydrogen) atoms. The van der Waals surface area contributed by atoms with Gasteiger partial charge in [0.05, 0.1) is 5.44 Å². The predicted octanol–water partition coefficient (Wildman–Crippen LogP) is 1.76. The van der Waals surface area contributed by atoms with Crippen LogP contribution in [0.5, 0.6) is 0 Å². The van der Waals surface area contributed by atoms with E-state index in [0.29, 0.717) is 0 Å². The van der Waals surface area contributed by atoms with Crippen LogP contribution in [0.1, 0.15) is 26.2 Å². The number of hydrogen-bond acceptors (Lipinski definition) is 3. The fourth-order valence-electron chi connectivity index (χ4n) is 1.55. The zero-order valence-electron chi connectivity index (χ0n) is 7.83. The van der Waals surface area contributed by atoms with Crippen molar-refractivity contribution in [2.24, 2.45) is 0 Å². The van der Waals surface area contributed by atoms with Gasteiger partial charge in [-0.05, 0) is 39.3 Å². The van der Waals surface area contributed by atoms with Crippen LogP contribution in [0, 0.1) is 0 Å². The normalized spacial score (nSPS) is 21.5. The van der Waals surface area contributed by atoms with Gasteiger partial charge in [0.25, 0.3) is 0 Å². The van der Waals surface area contributed by atoms with Gasteiger partial charge in [0.15, 0.2) is 0 Å². The van der Waals surface area contributed by atoms with Crippen molar-refractivity contribution in [1.29, 1.82) is 0 Å². The molecular formula is C9H19NOS. The molecule has 1 unspecified atom stereocenters. The van der Waals surface area contributed by atoms with Crippen LogP contribution in [-0.4, -0.2) is 36.6 Å². The van der Waals surface area contributed by atoms with Crippen molar-refractivity contribution >= 4 is 12.6 Å². The molecule has 0 N–H and O–H groups in total. The molecule has 0 aromatic heterocycles. The smallest absolute Gasteiger partial charge is 0.0971 e. The molecule has 0 amide bonds. The van der Waals surface area contributed by atoms with Crippen molar-refractivity contribution in [2.45, 2.75) is 31.6 Å². The highest BCUT2D eigenvalue weighted by molar-refractivity contribution is 7.80. The Morgan fingerprint density at radius 3 is 2.67 bits per heavy atom. The van der Waals surface area contributed by atoms with Crippen LogP contribution in [0.2, 0.25) is 0 Å². The van der Waals surface area contributed by atoms with Gasteiger partial charge in [0.1, 0.15) is 0 Å². The van der Waals surface area contributed by atoms with E-state index in [2.05, 4.69) is 17.5 Å². The predicted molar refractivity (Wildman–Crippen MR) is 54.7 cm³/mol. The molecule has 1 rings (SSSR count). The van der Waals surface area contributed by atoms with Crippen molar-refractivity contribution in [2.75, 3.05) is 26.2 Å². The molecule has 2 nitrogen and oxygen atoms in total. The monoisotopic (exact) mass is 189 g/mol. The first kappa shape index (κ1) is 10.4. The van der Waals surface area contributed by atoms with Gasteiger partial charge >= 0.3 is 0 Å². The first-order valence-electron chi connectivity index (χ1n) is 4.81. The summed E-state index contributed by atoms with van der Waals surface area (Å²) in [6, 6.07) is 0. The first-order chi connectivity index (χ1) is 5.79. The standard InChI is InChI=1S/C9H19NOS/c1-9(12)11-8-4-7-10-5-2-3-6-10/h9,12H,2-8H2,1H3. The summed E-state index contributed by atoms with van der Waals surface area (Å²) < 4.78 is 5.34. The van der Waals surface area contributed by atoms with Gasteiger partial charge in [-0.25, -0.2) is 0 Å². The second kappa shape index (κ2) is 5.84. The minimum atomic E-state index is 0.0866. The molecule has 1 atom stereocenters. The molecule has 1 fully saturated rings. The van der Waals surface area contributed by atoms with E-state index in [-0.39, 0.29) is 5.44 Å². The molecule has 0 radical (unpaired) electrons. The molecule has 1 aliphatic heterocycles. The summed E-state index contributed by atoms with van der Waals surface area (Å²) in [7, 11) is 0. The average Bonchev–Trinajstić information content (AvgIpc) is 2.49. The van der Waals surface area contributed by atoms with Crippen LogP contribution in [0.15, 0.2) is 0 Å². The highest BCUT2D eigenvalue weighted by atomic mass is 32.1. The summed E-state index contributed by atoms with van der Waals surface area (Å²) in [5.74, 6) is 0. The third-order valence-electron chi connectivity index (χ3n) is 2.18. The second-order valence-electron chi connectivity index (χ2n) is 3.37. The molecule has 0 spiro atoms. The van der Waals surface area contributed by atoms with E-state index in [1.165, 1.54) is 32.5 Å². The van der Waals surface area contributed by atoms with E-state index in [1.807, 2.05) is 6.92 Å². The summed E-state index contributed by atoms with van der Waals surface area (Å²) in [4.78, 5) is 2.51. The van der Waals surface area contributed by atoms with Gasteiger partial charge in [-0.1, -0.05) is 0 Å². The number of nitrogens with zero attached hydrogens (tertiary/aromatic N) is 1. The van der Waals surface area contributed by atoms with E-state index in [4.69, 9.17) is 4.74 Å². The van der Waals surface area contributed by atoms with Crippen molar-refractivity contribution in [3.63, 3.8) is 0 Å². The lowest BCUT2D eigenvalue weighted by Gasteiger charge is -2.14. The molecule has 0 aliphatic carbocycles. The largest absolute Gasteiger partial charge is 0.368 e. The Morgan fingerprint density at radius 1 is 1.42 bits per heavy atom. The maximum absolute atomic E-state index is 5.34. The second-order valence-corrected chi connectivity index (χ2v) is 4.10. The number of ether oxygens (including phenoxy) is 1. The quantitative estimate of drug-likeness (QED) is 0.402. The minimum absolute atomic E-state index is 0.0866. The summed E-state index contributed by atoms with van der Waals surface area (Å²) in [6.45, 7) is 6.58. The van der Waals surface area contributed by atoms with Crippen molar-refractivity contribution in [1.82, 2.24) is 4.90 Å². The number of likely N-dealkylation sites (tertiary alicyclic amines) is 1. The minimum Gasteiger partial charge on any atom is -0.368 e. The van der Waals surface area contributed by atoms with E-state index < -0.39 is 0 Å². The van der Waals surface area contributed by atoms with Gasteiger partial charge in [-0.15, -0.1) is 12.6 Å². The molecule has 72 valence electrons. The molecule has 1 aliphatic rings. The van der Waals surface area contributed by atoms with Crippen LogP contribution in [0.4, 0.5) is 0 Å². The molecular weight excluding hydrogens is 170 g/mol. The van der Waals surface area contributed by atoms with Crippen molar-refractivity contribution in [3.8, 4) is 0 Å². The van der Waals surface area contributed by atoms with Crippen LogP contribution >= 0.6 is 12.6 Å². The van der Waals surface area contributed by atoms with Crippen LogP contribution in [0.25, 0.3) is 0 Å². The summed E-state index contributed by atoms with van der Waals surface area (Å²) >= 11 is 4.15. The Labute approximate surface area is 80.7 Å². The number of rotatable bonds is 5. The van der Waals surface area contributed by atoms with Gasteiger partial charge in [-0.2, -0.15) is 0 Å². The third kappa shape index (κ3) is 4.33. The highest BCUT2D eigenvalue weighted by Crippen LogP contribution is 2.07. The SMILES string of the molecule is CC(S)OCCCN1CCCC1. The third-order valence-corrected chi connectivity index (χ3v) is 2.33. The zero-order chi connectivity index (χ0) is 8.81. The van der Waals surface area contributed by atoms with Gasteiger partial charge in [-0.3, -0.25) is 0 Å². The van der Waals surface area contributed by atoms with Crippen LogP contribution < -0.4 is 0 Å². The van der Waals surface area contributed by atoms with Crippen molar-refractivity contribution < 1.29 is 4.74 Å². The summed E-state index contributed by atoms with van der Waals surface area (Å²) in [5.41, 5.74) is 0.0866. The number of thiol groups is 1. The first-order valence-corrected chi connectivity index (χ1v) is 5.33. The molecule has 0 saturated carbocycles.